The van der Waals surface area contributed by atoms with Gasteiger partial charge in [-0.05, 0) is 47.8 Å². The van der Waals surface area contributed by atoms with Crippen LogP contribution in [0.1, 0.15) is 34.1 Å². The Morgan fingerprint density at radius 1 is 1.10 bits per heavy atom. The third-order valence-electron chi connectivity index (χ3n) is 4.05. The van der Waals surface area contributed by atoms with Crippen molar-refractivity contribution in [2.24, 2.45) is 11.8 Å². The molecule has 0 aromatic heterocycles. The van der Waals surface area contributed by atoms with Crippen LogP contribution in [-0.2, 0) is 0 Å². The van der Waals surface area contributed by atoms with E-state index >= 15 is 0 Å². The monoisotopic (exact) mass is 271 g/mol. The summed E-state index contributed by atoms with van der Waals surface area (Å²) in [5.41, 5.74) is 7.62. The van der Waals surface area contributed by atoms with Gasteiger partial charge in [-0.1, -0.05) is 39.8 Å². The first-order valence-electron chi connectivity index (χ1n) is 7.37. The Morgan fingerprint density at radius 3 is 2.20 bits per heavy atom. The molecular formula is C18H25NO. The lowest BCUT2D eigenvalue weighted by Crippen LogP contribution is -2.40. The van der Waals surface area contributed by atoms with Crippen LogP contribution < -0.4 is 10.5 Å². The normalized spacial score (nSPS) is 22.2. The van der Waals surface area contributed by atoms with Crippen LogP contribution in [0.2, 0.25) is 0 Å². The Morgan fingerprint density at radius 2 is 1.75 bits per heavy atom. The molecule has 1 atom stereocenters. The van der Waals surface area contributed by atoms with Crippen molar-refractivity contribution in [2.45, 2.75) is 39.7 Å². The fraction of sp³-hybridized carbons (Fsp3) is 0.444. The Labute approximate surface area is 122 Å². The highest BCUT2D eigenvalue weighted by atomic mass is 16.5. The predicted octanol–water partition coefficient (Wildman–Crippen LogP) is 4.58. The number of nitrogens with two attached hydrogens (primary N) is 1. The van der Waals surface area contributed by atoms with E-state index in [-0.39, 0.29) is 5.60 Å². The number of allylic oxidation sites excluding steroid dienone is 2. The molecule has 1 aliphatic carbocycles. The molecule has 0 spiro atoms. The zero-order valence-corrected chi connectivity index (χ0v) is 12.9. The van der Waals surface area contributed by atoms with E-state index in [1.54, 1.807) is 0 Å². The minimum absolute atomic E-state index is 0.255. The van der Waals surface area contributed by atoms with Crippen molar-refractivity contribution in [1.29, 1.82) is 0 Å². The standard InChI is InChI=1S/C18H25NO/c1-13(2)15-9-11-18(12-10-15,14(3)4)20-17-7-5-16(19)6-8-17/h5-11,13-14H,12,19H2,1-4H3. The van der Waals surface area contributed by atoms with Crippen LogP contribution >= 0.6 is 0 Å². The van der Waals surface area contributed by atoms with E-state index in [4.69, 9.17) is 10.5 Å². The maximum Gasteiger partial charge on any atom is 0.133 e. The van der Waals surface area contributed by atoms with Gasteiger partial charge in [0.25, 0.3) is 0 Å². The van der Waals surface area contributed by atoms with E-state index in [0.717, 1.165) is 17.9 Å². The first kappa shape index (κ1) is 14.7. The van der Waals surface area contributed by atoms with E-state index in [1.165, 1.54) is 5.57 Å². The summed E-state index contributed by atoms with van der Waals surface area (Å²) >= 11 is 0. The lowest BCUT2D eigenvalue weighted by Gasteiger charge is -2.37. The van der Waals surface area contributed by atoms with Crippen molar-refractivity contribution in [3.63, 3.8) is 0 Å². The third-order valence-corrected chi connectivity index (χ3v) is 4.05. The van der Waals surface area contributed by atoms with Gasteiger partial charge in [0.15, 0.2) is 0 Å². The highest BCUT2D eigenvalue weighted by molar-refractivity contribution is 5.42. The smallest absolute Gasteiger partial charge is 0.133 e. The molecule has 0 heterocycles. The molecular weight excluding hydrogens is 246 g/mol. The molecule has 1 aromatic rings. The Kier molecular flexibility index (Phi) is 4.22. The van der Waals surface area contributed by atoms with Gasteiger partial charge in [0.2, 0.25) is 0 Å². The maximum absolute atomic E-state index is 6.30. The van der Waals surface area contributed by atoms with Gasteiger partial charge in [0.1, 0.15) is 11.4 Å². The minimum atomic E-state index is -0.255. The number of nitrogen functional groups attached to an aromatic ring is 1. The molecule has 2 N–H and O–H groups in total. The largest absolute Gasteiger partial charge is 0.483 e. The molecule has 2 nitrogen and oxygen atoms in total. The second-order valence-corrected chi connectivity index (χ2v) is 6.18. The Hall–Kier alpha value is -1.70. The number of hydrogen-bond acceptors (Lipinski definition) is 2. The van der Waals surface area contributed by atoms with E-state index < -0.39 is 0 Å². The number of ether oxygens (including phenoxy) is 1. The molecule has 108 valence electrons. The van der Waals surface area contributed by atoms with Crippen LogP contribution in [-0.4, -0.2) is 5.60 Å². The minimum Gasteiger partial charge on any atom is -0.483 e. The highest BCUT2D eigenvalue weighted by Crippen LogP contribution is 2.35. The molecule has 0 aliphatic heterocycles. The van der Waals surface area contributed by atoms with Gasteiger partial charge in [-0.15, -0.1) is 0 Å². The van der Waals surface area contributed by atoms with Gasteiger partial charge >= 0.3 is 0 Å². The number of hydrogen-bond donors (Lipinski definition) is 1. The topological polar surface area (TPSA) is 35.2 Å². The lowest BCUT2D eigenvalue weighted by molar-refractivity contribution is 0.0716. The second-order valence-electron chi connectivity index (χ2n) is 6.18. The van der Waals surface area contributed by atoms with Gasteiger partial charge < -0.3 is 10.5 Å². The van der Waals surface area contributed by atoms with Crippen LogP contribution in [0.5, 0.6) is 5.75 Å². The number of anilines is 1. The fourth-order valence-corrected chi connectivity index (χ4v) is 2.46. The number of rotatable bonds is 4. The maximum atomic E-state index is 6.30. The van der Waals surface area contributed by atoms with Crippen molar-refractivity contribution in [3.05, 3.63) is 48.1 Å². The quantitative estimate of drug-likeness (QED) is 0.813. The van der Waals surface area contributed by atoms with Crippen molar-refractivity contribution >= 4 is 5.69 Å². The first-order valence-corrected chi connectivity index (χ1v) is 7.37. The average Bonchev–Trinajstić information content (AvgIpc) is 2.42. The van der Waals surface area contributed by atoms with Crippen molar-refractivity contribution in [1.82, 2.24) is 0 Å². The zero-order chi connectivity index (χ0) is 14.8. The summed E-state index contributed by atoms with van der Waals surface area (Å²) in [4.78, 5) is 0. The van der Waals surface area contributed by atoms with Gasteiger partial charge in [0.05, 0.1) is 0 Å². The molecule has 0 saturated heterocycles. The third kappa shape index (κ3) is 3.06. The second kappa shape index (κ2) is 5.74. The van der Waals surface area contributed by atoms with Crippen LogP contribution in [0.25, 0.3) is 0 Å². The summed E-state index contributed by atoms with van der Waals surface area (Å²) in [5, 5.41) is 0. The first-order chi connectivity index (χ1) is 9.43. The van der Waals surface area contributed by atoms with Crippen molar-refractivity contribution in [2.75, 3.05) is 5.73 Å². The summed E-state index contributed by atoms with van der Waals surface area (Å²) in [6.45, 7) is 8.85. The fourth-order valence-electron chi connectivity index (χ4n) is 2.46. The molecule has 1 aromatic carbocycles. The van der Waals surface area contributed by atoms with Gasteiger partial charge in [-0.25, -0.2) is 0 Å². The molecule has 1 unspecified atom stereocenters. The van der Waals surface area contributed by atoms with Gasteiger partial charge in [-0.3, -0.25) is 0 Å². The summed E-state index contributed by atoms with van der Waals surface area (Å²) < 4.78 is 6.30. The molecule has 0 amide bonds. The molecule has 0 radical (unpaired) electrons. The van der Waals surface area contributed by atoms with E-state index in [9.17, 15) is 0 Å². The molecule has 1 aliphatic rings. The van der Waals surface area contributed by atoms with E-state index in [1.807, 2.05) is 24.3 Å². The summed E-state index contributed by atoms with van der Waals surface area (Å²) in [7, 11) is 0. The lowest BCUT2D eigenvalue weighted by atomic mass is 9.80. The molecule has 20 heavy (non-hydrogen) atoms. The van der Waals surface area contributed by atoms with Gasteiger partial charge in [0, 0.05) is 12.1 Å². The Bertz CT molecular complexity index is 511. The molecule has 0 saturated carbocycles. The Balaban J connectivity index is 2.21. The summed E-state index contributed by atoms with van der Waals surface area (Å²) in [6, 6.07) is 7.64. The van der Waals surface area contributed by atoms with E-state index in [0.29, 0.717) is 11.8 Å². The van der Waals surface area contributed by atoms with Gasteiger partial charge in [-0.2, -0.15) is 0 Å². The molecule has 2 heteroatoms. The van der Waals surface area contributed by atoms with Crippen LogP contribution in [0.15, 0.2) is 48.1 Å². The average molecular weight is 271 g/mol. The number of benzene rings is 1. The SMILES string of the molecule is CC(C)C1=CCC(Oc2ccc(N)cc2)(C(C)C)C=C1. The summed E-state index contributed by atoms with van der Waals surface area (Å²) in [5.74, 6) is 1.84. The predicted molar refractivity (Wildman–Crippen MR) is 85.7 cm³/mol. The molecule has 0 fully saturated rings. The van der Waals surface area contributed by atoms with Crippen LogP contribution in [0.3, 0.4) is 0 Å². The molecule has 2 rings (SSSR count). The molecule has 0 bridgehead atoms. The summed E-state index contributed by atoms with van der Waals surface area (Å²) in [6.07, 6.45) is 7.66. The van der Waals surface area contributed by atoms with Crippen molar-refractivity contribution < 1.29 is 4.74 Å². The zero-order valence-electron chi connectivity index (χ0n) is 12.9. The highest BCUT2D eigenvalue weighted by Gasteiger charge is 2.34. The van der Waals surface area contributed by atoms with E-state index in [2.05, 4.69) is 45.9 Å². The van der Waals surface area contributed by atoms with Crippen molar-refractivity contribution in [3.8, 4) is 5.75 Å². The van der Waals surface area contributed by atoms with Crippen LogP contribution in [0.4, 0.5) is 5.69 Å². The van der Waals surface area contributed by atoms with Crippen LogP contribution in [0, 0.1) is 11.8 Å².